The molecule has 0 heterocycles. The summed E-state index contributed by atoms with van der Waals surface area (Å²) in [7, 11) is 1.48. The van der Waals surface area contributed by atoms with Gasteiger partial charge in [-0.2, -0.15) is 0 Å². The first kappa shape index (κ1) is 23.5. The molecule has 7 heteroatoms. The Morgan fingerprint density at radius 2 is 2.00 bits per heavy atom. The Bertz CT molecular complexity index is 762. The summed E-state index contributed by atoms with van der Waals surface area (Å²) in [6.45, 7) is 1.68. The number of aliphatic carboxylic acids is 1. The molecule has 0 bridgehead atoms. The Morgan fingerprint density at radius 3 is 2.71 bits per heavy atom. The highest BCUT2D eigenvalue weighted by molar-refractivity contribution is 5.70. The highest BCUT2D eigenvalue weighted by Crippen LogP contribution is 2.48. The number of hydrogen-bond donors (Lipinski definition) is 2. The molecule has 1 aromatic carbocycles. The van der Waals surface area contributed by atoms with Gasteiger partial charge in [0, 0.05) is 7.11 Å². The molecule has 172 valence electrons. The van der Waals surface area contributed by atoms with Gasteiger partial charge in [0.2, 0.25) is 0 Å². The fourth-order valence-corrected chi connectivity index (χ4v) is 5.38. The SMILES string of the molecule is CCC[C@@H](CC[C@@H]1[C@H]2Cc3cccc(OCC(=O)O)c3C[C@H]2C[C@H]1O)OC(=O)COC. The van der Waals surface area contributed by atoms with E-state index in [1.807, 2.05) is 12.1 Å². The molecule has 31 heavy (non-hydrogen) atoms. The van der Waals surface area contributed by atoms with E-state index in [0.29, 0.717) is 17.6 Å². The summed E-state index contributed by atoms with van der Waals surface area (Å²) in [5.41, 5.74) is 2.26. The van der Waals surface area contributed by atoms with Gasteiger partial charge in [-0.3, -0.25) is 0 Å². The van der Waals surface area contributed by atoms with Crippen molar-refractivity contribution >= 4 is 11.9 Å². The van der Waals surface area contributed by atoms with Crippen molar-refractivity contribution in [2.75, 3.05) is 20.3 Å². The summed E-state index contributed by atoms with van der Waals surface area (Å²) in [6.07, 6.45) is 5.16. The largest absolute Gasteiger partial charge is 0.482 e. The fraction of sp³-hybridized carbons (Fsp3) is 0.667. The highest BCUT2D eigenvalue weighted by atomic mass is 16.6. The van der Waals surface area contributed by atoms with Gasteiger partial charge in [-0.05, 0) is 73.5 Å². The van der Waals surface area contributed by atoms with Crippen molar-refractivity contribution in [3.05, 3.63) is 29.3 Å². The molecule has 0 amide bonds. The number of carboxylic acid groups (broad SMARTS) is 1. The first-order valence-corrected chi connectivity index (χ1v) is 11.2. The number of carboxylic acids is 1. The van der Waals surface area contributed by atoms with Crippen LogP contribution in [0.3, 0.4) is 0 Å². The van der Waals surface area contributed by atoms with Crippen molar-refractivity contribution in [1.29, 1.82) is 0 Å². The van der Waals surface area contributed by atoms with Crippen molar-refractivity contribution in [1.82, 2.24) is 0 Å². The average molecular weight is 435 g/mol. The zero-order chi connectivity index (χ0) is 22.4. The molecule has 5 atom stereocenters. The van der Waals surface area contributed by atoms with Crippen LogP contribution in [0.1, 0.15) is 50.2 Å². The molecule has 7 nitrogen and oxygen atoms in total. The summed E-state index contributed by atoms with van der Waals surface area (Å²) in [6, 6.07) is 5.81. The minimum atomic E-state index is -0.990. The van der Waals surface area contributed by atoms with E-state index in [-0.39, 0.29) is 37.3 Å². The number of carbonyl (C=O) groups excluding carboxylic acids is 1. The second-order valence-corrected chi connectivity index (χ2v) is 8.79. The number of fused-ring (bicyclic) bond motifs is 2. The van der Waals surface area contributed by atoms with Crippen molar-refractivity contribution in [3.8, 4) is 5.75 Å². The number of esters is 1. The van der Waals surface area contributed by atoms with Gasteiger partial charge < -0.3 is 24.4 Å². The molecule has 2 aliphatic carbocycles. The molecule has 0 saturated heterocycles. The van der Waals surface area contributed by atoms with Gasteiger partial charge in [0.25, 0.3) is 0 Å². The maximum absolute atomic E-state index is 11.8. The van der Waals surface area contributed by atoms with Crippen molar-refractivity contribution < 1.29 is 34.0 Å². The summed E-state index contributed by atoms with van der Waals surface area (Å²) in [5, 5.41) is 19.7. The number of rotatable bonds is 11. The lowest BCUT2D eigenvalue weighted by Gasteiger charge is -2.32. The molecule has 1 aromatic rings. The smallest absolute Gasteiger partial charge is 0.341 e. The maximum Gasteiger partial charge on any atom is 0.341 e. The number of carbonyl (C=O) groups is 2. The van der Waals surface area contributed by atoms with Gasteiger partial charge in [-0.15, -0.1) is 0 Å². The molecule has 2 aliphatic rings. The second kappa shape index (κ2) is 11.0. The Labute approximate surface area is 183 Å². The number of benzene rings is 1. The van der Waals surface area contributed by atoms with E-state index in [1.54, 1.807) is 0 Å². The van der Waals surface area contributed by atoms with Crippen molar-refractivity contribution in [2.24, 2.45) is 17.8 Å². The van der Waals surface area contributed by atoms with E-state index in [1.165, 1.54) is 12.7 Å². The fourth-order valence-electron chi connectivity index (χ4n) is 5.38. The molecule has 0 aromatic heterocycles. The van der Waals surface area contributed by atoms with E-state index < -0.39 is 5.97 Å². The van der Waals surface area contributed by atoms with Crippen LogP contribution in [0.5, 0.6) is 5.75 Å². The number of methoxy groups -OCH3 is 1. The van der Waals surface area contributed by atoms with Gasteiger partial charge >= 0.3 is 11.9 Å². The van der Waals surface area contributed by atoms with Gasteiger partial charge in [0.05, 0.1) is 6.10 Å². The molecule has 0 radical (unpaired) electrons. The van der Waals surface area contributed by atoms with Gasteiger partial charge in [0.15, 0.2) is 6.61 Å². The minimum Gasteiger partial charge on any atom is -0.482 e. The van der Waals surface area contributed by atoms with Crippen LogP contribution in [0.2, 0.25) is 0 Å². The molecule has 2 N–H and O–H groups in total. The topological polar surface area (TPSA) is 102 Å². The second-order valence-electron chi connectivity index (χ2n) is 8.79. The van der Waals surface area contributed by atoms with Crippen LogP contribution in [-0.4, -0.2) is 54.7 Å². The molecule has 0 aliphatic heterocycles. The van der Waals surface area contributed by atoms with Crippen LogP contribution in [0.25, 0.3) is 0 Å². The molecular formula is C24H34O7. The van der Waals surface area contributed by atoms with Crippen molar-refractivity contribution in [3.63, 3.8) is 0 Å². The third-order valence-corrected chi connectivity index (χ3v) is 6.69. The maximum atomic E-state index is 11.8. The van der Waals surface area contributed by atoms with Gasteiger partial charge in [-0.1, -0.05) is 25.5 Å². The molecular weight excluding hydrogens is 400 g/mol. The van der Waals surface area contributed by atoms with Gasteiger partial charge in [0.1, 0.15) is 18.5 Å². The predicted octanol–water partition coefficient (Wildman–Crippen LogP) is 3.00. The van der Waals surface area contributed by atoms with Crippen LogP contribution in [0.15, 0.2) is 18.2 Å². The number of aliphatic hydroxyl groups excluding tert-OH is 1. The van der Waals surface area contributed by atoms with Crippen LogP contribution in [0, 0.1) is 17.8 Å². The standard InChI is InChI=1S/C24H34O7/c1-3-5-17(31-24(28)14-29-2)8-9-18-19-10-15-6-4-7-22(30-13-23(26)27)20(15)11-16(19)12-21(18)25/h4,6-7,16-19,21,25H,3,5,8-14H2,1-2H3,(H,26,27)/t16-,17-,18+,19-,21+/m0/s1. The average Bonchev–Trinajstić information content (AvgIpc) is 3.03. The molecule has 0 unspecified atom stereocenters. The van der Waals surface area contributed by atoms with E-state index >= 15 is 0 Å². The Kier molecular flexibility index (Phi) is 8.32. The zero-order valence-corrected chi connectivity index (χ0v) is 18.4. The van der Waals surface area contributed by atoms with Crippen LogP contribution >= 0.6 is 0 Å². The quantitative estimate of drug-likeness (QED) is 0.516. The lowest BCUT2D eigenvalue weighted by atomic mass is 9.73. The van der Waals surface area contributed by atoms with E-state index in [0.717, 1.165) is 50.5 Å². The third-order valence-electron chi connectivity index (χ3n) is 6.69. The molecule has 1 saturated carbocycles. The van der Waals surface area contributed by atoms with Crippen LogP contribution in [0.4, 0.5) is 0 Å². The first-order chi connectivity index (χ1) is 14.9. The number of aliphatic hydroxyl groups is 1. The Balaban J connectivity index is 1.65. The molecule has 0 spiro atoms. The summed E-state index contributed by atoms with van der Waals surface area (Å²) < 4.78 is 15.9. The summed E-state index contributed by atoms with van der Waals surface area (Å²) in [4.78, 5) is 22.7. The normalized spacial score (nSPS) is 25.4. The van der Waals surface area contributed by atoms with Gasteiger partial charge in [-0.25, -0.2) is 9.59 Å². The monoisotopic (exact) mass is 434 g/mol. The molecule has 3 rings (SSSR count). The number of ether oxygens (including phenoxy) is 3. The summed E-state index contributed by atoms with van der Waals surface area (Å²) >= 11 is 0. The lowest BCUT2D eigenvalue weighted by molar-refractivity contribution is -0.154. The van der Waals surface area contributed by atoms with Crippen LogP contribution < -0.4 is 4.74 Å². The predicted molar refractivity (Wildman–Crippen MR) is 114 cm³/mol. The zero-order valence-electron chi connectivity index (χ0n) is 18.4. The Hall–Kier alpha value is -2.12. The molecule has 1 fully saturated rings. The van der Waals surface area contributed by atoms with E-state index in [9.17, 15) is 14.7 Å². The van der Waals surface area contributed by atoms with E-state index in [4.69, 9.17) is 19.3 Å². The van der Waals surface area contributed by atoms with Crippen LogP contribution in [-0.2, 0) is 31.9 Å². The Morgan fingerprint density at radius 1 is 1.19 bits per heavy atom. The third kappa shape index (κ3) is 5.98. The van der Waals surface area contributed by atoms with Crippen molar-refractivity contribution in [2.45, 2.75) is 64.1 Å². The first-order valence-electron chi connectivity index (χ1n) is 11.2. The lowest BCUT2D eigenvalue weighted by Crippen LogP contribution is -2.29. The minimum absolute atomic E-state index is 0.0416. The van der Waals surface area contributed by atoms with E-state index in [2.05, 4.69) is 13.0 Å². The highest BCUT2D eigenvalue weighted by Gasteiger charge is 2.45. The number of hydrogen-bond acceptors (Lipinski definition) is 6. The summed E-state index contributed by atoms with van der Waals surface area (Å²) in [5.74, 6) is 0.199.